The average Bonchev–Trinajstić information content (AvgIpc) is 2.38. The normalized spacial score (nSPS) is 15.7. The van der Waals surface area contributed by atoms with Gasteiger partial charge in [0.1, 0.15) is 0 Å². The molecule has 0 saturated carbocycles. The van der Waals surface area contributed by atoms with Crippen LogP contribution in [-0.2, 0) is 0 Å². The Bertz CT molecular complexity index is 361. The van der Waals surface area contributed by atoms with Gasteiger partial charge in [-0.15, -0.1) is 0 Å². The molecule has 2 heteroatoms. The van der Waals surface area contributed by atoms with E-state index in [4.69, 9.17) is 0 Å². The van der Waals surface area contributed by atoms with Gasteiger partial charge >= 0.3 is 0 Å². The quantitative estimate of drug-likeness (QED) is 0.794. The Hall–Kier alpha value is -1.44. The lowest BCUT2D eigenvalue weighted by atomic mass is 10.1. The number of hydrogen-bond acceptors (Lipinski definition) is 2. The van der Waals surface area contributed by atoms with E-state index in [2.05, 4.69) is 41.1 Å². The first-order chi connectivity index (χ1) is 8.25. The highest BCUT2D eigenvalue weighted by molar-refractivity contribution is 5.55. The number of nitrogens with zero attached hydrogens (tertiary/aromatic N) is 1. The Morgan fingerprint density at radius 2 is 1.82 bits per heavy atom. The van der Waals surface area contributed by atoms with Crippen LogP contribution in [0.4, 0.5) is 11.4 Å². The molecule has 2 rings (SSSR count). The van der Waals surface area contributed by atoms with Gasteiger partial charge in [0.15, 0.2) is 0 Å². The summed E-state index contributed by atoms with van der Waals surface area (Å²) >= 11 is 0. The third-order valence-electron chi connectivity index (χ3n) is 3.18. The summed E-state index contributed by atoms with van der Waals surface area (Å²) < 4.78 is 0. The van der Waals surface area contributed by atoms with Crippen LogP contribution in [0.3, 0.4) is 0 Å². The molecule has 92 valence electrons. The van der Waals surface area contributed by atoms with Crippen molar-refractivity contribution in [3.05, 3.63) is 36.4 Å². The second-order valence-corrected chi connectivity index (χ2v) is 4.91. The molecule has 1 aliphatic rings. The first kappa shape index (κ1) is 12.0. The van der Waals surface area contributed by atoms with Crippen molar-refractivity contribution in [3.63, 3.8) is 0 Å². The van der Waals surface area contributed by atoms with Crippen LogP contribution in [-0.4, -0.2) is 19.6 Å². The van der Waals surface area contributed by atoms with E-state index in [1.807, 2.05) is 6.92 Å². The molecule has 1 saturated heterocycles. The van der Waals surface area contributed by atoms with Crippen molar-refractivity contribution in [2.45, 2.75) is 26.2 Å². The van der Waals surface area contributed by atoms with Crippen molar-refractivity contribution >= 4 is 11.4 Å². The summed E-state index contributed by atoms with van der Waals surface area (Å²) in [5.41, 5.74) is 3.68. The number of nitrogens with one attached hydrogen (secondary N) is 1. The van der Waals surface area contributed by atoms with Gasteiger partial charge in [0.25, 0.3) is 0 Å². The molecule has 2 nitrogen and oxygen atoms in total. The van der Waals surface area contributed by atoms with Gasteiger partial charge in [-0.3, -0.25) is 0 Å². The SMILES string of the molecule is C=C(C)CNc1ccc(N2CCCCC2)cc1. The minimum Gasteiger partial charge on any atom is -0.381 e. The van der Waals surface area contributed by atoms with Gasteiger partial charge in [-0.05, 0) is 50.5 Å². The Kier molecular flexibility index (Phi) is 4.08. The van der Waals surface area contributed by atoms with Gasteiger partial charge in [-0.25, -0.2) is 0 Å². The maximum absolute atomic E-state index is 3.89. The Morgan fingerprint density at radius 3 is 2.41 bits per heavy atom. The van der Waals surface area contributed by atoms with Crippen LogP contribution in [0, 0.1) is 0 Å². The zero-order valence-corrected chi connectivity index (χ0v) is 10.7. The van der Waals surface area contributed by atoms with E-state index in [1.54, 1.807) is 0 Å². The monoisotopic (exact) mass is 230 g/mol. The molecule has 0 amide bonds. The Morgan fingerprint density at radius 1 is 1.18 bits per heavy atom. The molecule has 0 aliphatic carbocycles. The van der Waals surface area contributed by atoms with Gasteiger partial charge in [0.2, 0.25) is 0 Å². The number of hydrogen-bond donors (Lipinski definition) is 1. The van der Waals surface area contributed by atoms with E-state index in [9.17, 15) is 0 Å². The molecule has 0 aromatic heterocycles. The van der Waals surface area contributed by atoms with Crippen LogP contribution in [0.5, 0.6) is 0 Å². The zero-order chi connectivity index (χ0) is 12.1. The highest BCUT2D eigenvalue weighted by Gasteiger charge is 2.10. The molecule has 1 fully saturated rings. The van der Waals surface area contributed by atoms with Crippen molar-refractivity contribution in [2.75, 3.05) is 29.9 Å². The molecule has 0 unspecified atom stereocenters. The summed E-state index contributed by atoms with van der Waals surface area (Å²) in [4.78, 5) is 2.48. The molecule has 1 N–H and O–H groups in total. The summed E-state index contributed by atoms with van der Waals surface area (Å²) in [6.45, 7) is 9.19. The number of benzene rings is 1. The smallest absolute Gasteiger partial charge is 0.0367 e. The summed E-state index contributed by atoms with van der Waals surface area (Å²) in [5.74, 6) is 0. The minimum absolute atomic E-state index is 0.850. The Balaban J connectivity index is 1.94. The standard InChI is InChI=1S/C15H22N2/c1-13(2)12-16-14-6-8-15(9-7-14)17-10-4-3-5-11-17/h6-9,16H,1,3-5,10-12H2,2H3. The van der Waals surface area contributed by atoms with E-state index >= 15 is 0 Å². The van der Waals surface area contributed by atoms with Crippen LogP contribution >= 0.6 is 0 Å². The molecule has 0 spiro atoms. The molecule has 1 aliphatic heterocycles. The predicted molar refractivity (Wildman–Crippen MR) is 75.8 cm³/mol. The number of piperidine rings is 1. The second-order valence-electron chi connectivity index (χ2n) is 4.91. The van der Waals surface area contributed by atoms with E-state index in [1.165, 1.54) is 43.7 Å². The van der Waals surface area contributed by atoms with E-state index < -0.39 is 0 Å². The van der Waals surface area contributed by atoms with Crippen molar-refractivity contribution in [3.8, 4) is 0 Å². The maximum atomic E-state index is 3.89. The highest BCUT2D eigenvalue weighted by Crippen LogP contribution is 2.21. The van der Waals surface area contributed by atoms with Crippen molar-refractivity contribution in [2.24, 2.45) is 0 Å². The molecule has 17 heavy (non-hydrogen) atoms. The van der Waals surface area contributed by atoms with Gasteiger partial charge < -0.3 is 10.2 Å². The highest BCUT2D eigenvalue weighted by atomic mass is 15.1. The van der Waals surface area contributed by atoms with Crippen LogP contribution in [0.1, 0.15) is 26.2 Å². The van der Waals surface area contributed by atoms with E-state index in [0.29, 0.717) is 0 Å². The van der Waals surface area contributed by atoms with Crippen molar-refractivity contribution in [1.82, 2.24) is 0 Å². The minimum atomic E-state index is 0.850. The summed E-state index contributed by atoms with van der Waals surface area (Å²) in [7, 11) is 0. The third kappa shape index (κ3) is 3.52. The summed E-state index contributed by atoms with van der Waals surface area (Å²) in [6.07, 6.45) is 4.04. The van der Waals surface area contributed by atoms with Crippen molar-refractivity contribution in [1.29, 1.82) is 0 Å². The van der Waals surface area contributed by atoms with Crippen LogP contribution in [0.15, 0.2) is 36.4 Å². The van der Waals surface area contributed by atoms with Crippen LogP contribution < -0.4 is 10.2 Å². The lowest BCUT2D eigenvalue weighted by molar-refractivity contribution is 0.578. The molecular weight excluding hydrogens is 208 g/mol. The van der Waals surface area contributed by atoms with Gasteiger partial charge in [0, 0.05) is 31.0 Å². The van der Waals surface area contributed by atoms with Gasteiger partial charge in [-0.2, -0.15) is 0 Å². The zero-order valence-electron chi connectivity index (χ0n) is 10.7. The van der Waals surface area contributed by atoms with E-state index in [0.717, 1.165) is 12.1 Å². The Labute approximate surface area is 104 Å². The lowest BCUT2D eigenvalue weighted by Crippen LogP contribution is -2.29. The number of rotatable bonds is 4. The molecular formula is C15H22N2. The van der Waals surface area contributed by atoms with Gasteiger partial charge in [0.05, 0.1) is 0 Å². The van der Waals surface area contributed by atoms with Gasteiger partial charge in [-0.1, -0.05) is 12.2 Å². The fraction of sp³-hybridized carbons (Fsp3) is 0.467. The molecule has 1 aromatic carbocycles. The molecule has 0 bridgehead atoms. The van der Waals surface area contributed by atoms with Crippen LogP contribution in [0.25, 0.3) is 0 Å². The third-order valence-corrected chi connectivity index (χ3v) is 3.18. The predicted octanol–water partition coefficient (Wildman–Crippen LogP) is 3.66. The topological polar surface area (TPSA) is 15.3 Å². The average molecular weight is 230 g/mol. The largest absolute Gasteiger partial charge is 0.381 e. The number of anilines is 2. The second kappa shape index (κ2) is 5.76. The molecule has 0 radical (unpaired) electrons. The fourth-order valence-electron chi connectivity index (χ4n) is 2.20. The van der Waals surface area contributed by atoms with Crippen LogP contribution in [0.2, 0.25) is 0 Å². The first-order valence-corrected chi connectivity index (χ1v) is 6.49. The molecule has 1 aromatic rings. The summed E-state index contributed by atoms with van der Waals surface area (Å²) in [5, 5.41) is 3.36. The first-order valence-electron chi connectivity index (χ1n) is 6.49. The molecule has 0 atom stereocenters. The summed E-state index contributed by atoms with van der Waals surface area (Å²) in [6, 6.07) is 8.75. The van der Waals surface area contributed by atoms with Crippen molar-refractivity contribution < 1.29 is 0 Å². The molecule has 1 heterocycles. The fourth-order valence-corrected chi connectivity index (χ4v) is 2.20. The maximum Gasteiger partial charge on any atom is 0.0367 e. The van der Waals surface area contributed by atoms with E-state index in [-0.39, 0.29) is 0 Å². The lowest BCUT2D eigenvalue weighted by Gasteiger charge is -2.28.